The van der Waals surface area contributed by atoms with Crippen LogP contribution in [0, 0.1) is 0 Å². The van der Waals surface area contributed by atoms with Crippen LogP contribution in [-0.4, -0.2) is 15.8 Å². The van der Waals surface area contributed by atoms with E-state index in [1.165, 1.54) is 0 Å². The van der Waals surface area contributed by atoms with Crippen molar-refractivity contribution >= 4 is 0 Å². The molecule has 0 aliphatic heterocycles. The molecule has 1 heterocycles. The minimum Gasteiger partial charge on any atom is -0.490 e. The van der Waals surface area contributed by atoms with Crippen LogP contribution in [0.5, 0.6) is 5.75 Å². The molecule has 1 aromatic heterocycles. The molecule has 1 saturated carbocycles. The lowest BCUT2D eigenvalue weighted by Gasteiger charge is -2.18. The van der Waals surface area contributed by atoms with Crippen LogP contribution < -0.4 is 10.3 Å². The first-order valence-electron chi connectivity index (χ1n) is 7.73. The molecule has 4 heteroatoms. The van der Waals surface area contributed by atoms with Crippen LogP contribution in [0.1, 0.15) is 38.3 Å². The maximum atomic E-state index is 12.6. The molecular weight excluding hydrogens is 278 g/mol. The number of para-hydroxylation sites is 1. The second-order valence-corrected chi connectivity index (χ2v) is 5.97. The van der Waals surface area contributed by atoms with E-state index < -0.39 is 0 Å². The van der Waals surface area contributed by atoms with Gasteiger partial charge in [-0.2, -0.15) is 0 Å². The van der Waals surface area contributed by atoms with Crippen molar-refractivity contribution in [3.63, 3.8) is 0 Å². The highest BCUT2D eigenvalue weighted by atomic mass is 16.5. The van der Waals surface area contributed by atoms with Crippen molar-refractivity contribution in [3.8, 4) is 17.0 Å². The SMILES string of the molecule is CC(C)Oc1ccccc1-c1ccc(CO)c(=O)n1C1CC1. The first kappa shape index (κ1) is 14.9. The van der Waals surface area contributed by atoms with Crippen molar-refractivity contribution in [2.45, 2.75) is 45.4 Å². The summed E-state index contributed by atoms with van der Waals surface area (Å²) in [5, 5.41) is 9.34. The Morgan fingerprint density at radius 3 is 2.59 bits per heavy atom. The normalized spacial score (nSPS) is 14.4. The second kappa shape index (κ2) is 5.97. The van der Waals surface area contributed by atoms with Gasteiger partial charge < -0.3 is 14.4 Å². The van der Waals surface area contributed by atoms with E-state index in [1.807, 2.05) is 48.7 Å². The fourth-order valence-electron chi connectivity index (χ4n) is 2.67. The summed E-state index contributed by atoms with van der Waals surface area (Å²) in [4.78, 5) is 12.6. The Morgan fingerprint density at radius 2 is 1.95 bits per heavy atom. The topological polar surface area (TPSA) is 51.5 Å². The number of hydrogen-bond donors (Lipinski definition) is 1. The molecule has 0 saturated heterocycles. The lowest BCUT2D eigenvalue weighted by Crippen LogP contribution is -2.24. The third kappa shape index (κ3) is 2.79. The van der Waals surface area contributed by atoms with Gasteiger partial charge in [0.2, 0.25) is 0 Å². The predicted octanol–water partition coefficient (Wildman–Crippen LogP) is 3.13. The molecule has 0 spiro atoms. The molecule has 116 valence electrons. The summed E-state index contributed by atoms with van der Waals surface area (Å²) < 4.78 is 7.70. The Kier molecular flexibility index (Phi) is 4.03. The zero-order valence-corrected chi connectivity index (χ0v) is 13.0. The Hall–Kier alpha value is -2.07. The van der Waals surface area contributed by atoms with Crippen LogP contribution in [0.2, 0.25) is 0 Å². The summed E-state index contributed by atoms with van der Waals surface area (Å²) in [5.74, 6) is 0.781. The number of aromatic nitrogens is 1. The van der Waals surface area contributed by atoms with Gasteiger partial charge in [-0.05, 0) is 51.0 Å². The highest BCUT2D eigenvalue weighted by Crippen LogP contribution is 2.39. The summed E-state index contributed by atoms with van der Waals surface area (Å²) >= 11 is 0. The van der Waals surface area contributed by atoms with E-state index in [1.54, 1.807) is 6.07 Å². The van der Waals surface area contributed by atoms with E-state index in [0.29, 0.717) is 5.56 Å². The van der Waals surface area contributed by atoms with Crippen LogP contribution in [0.3, 0.4) is 0 Å². The molecule has 0 amide bonds. The summed E-state index contributed by atoms with van der Waals surface area (Å²) in [6.45, 7) is 3.75. The maximum Gasteiger partial charge on any atom is 0.256 e. The van der Waals surface area contributed by atoms with Crippen molar-refractivity contribution in [2.75, 3.05) is 0 Å². The van der Waals surface area contributed by atoms with Gasteiger partial charge in [-0.25, -0.2) is 0 Å². The summed E-state index contributed by atoms with van der Waals surface area (Å²) in [5.41, 5.74) is 2.13. The van der Waals surface area contributed by atoms with Crippen molar-refractivity contribution in [1.82, 2.24) is 4.57 Å². The van der Waals surface area contributed by atoms with Gasteiger partial charge in [0.1, 0.15) is 5.75 Å². The van der Waals surface area contributed by atoms with Crippen molar-refractivity contribution in [1.29, 1.82) is 0 Å². The Bertz CT molecular complexity index is 729. The van der Waals surface area contributed by atoms with E-state index in [4.69, 9.17) is 4.74 Å². The Labute approximate surface area is 130 Å². The van der Waals surface area contributed by atoms with Crippen LogP contribution in [0.25, 0.3) is 11.3 Å². The van der Waals surface area contributed by atoms with E-state index in [-0.39, 0.29) is 24.3 Å². The number of aliphatic hydroxyl groups is 1. The van der Waals surface area contributed by atoms with E-state index >= 15 is 0 Å². The monoisotopic (exact) mass is 299 g/mol. The second-order valence-electron chi connectivity index (χ2n) is 5.97. The van der Waals surface area contributed by atoms with Gasteiger partial charge >= 0.3 is 0 Å². The number of hydrogen-bond acceptors (Lipinski definition) is 3. The average molecular weight is 299 g/mol. The molecule has 2 aromatic rings. The summed E-state index contributed by atoms with van der Waals surface area (Å²) in [6, 6.07) is 11.6. The lowest BCUT2D eigenvalue weighted by atomic mass is 10.1. The molecule has 22 heavy (non-hydrogen) atoms. The molecule has 1 aromatic carbocycles. The zero-order chi connectivity index (χ0) is 15.7. The zero-order valence-electron chi connectivity index (χ0n) is 13.0. The quantitative estimate of drug-likeness (QED) is 0.923. The number of ether oxygens (including phenoxy) is 1. The molecule has 1 fully saturated rings. The fourth-order valence-corrected chi connectivity index (χ4v) is 2.67. The minimum absolute atomic E-state index is 0.0685. The van der Waals surface area contributed by atoms with Crippen molar-refractivity contribution in [2.24, 2.45) is 0 Å². The van der Waals surface area contributed by atoms with E-state index in [0.717, 1.165) is 29.8 Å². The van der Waals surface area contributed by atoms with Gasteiger partial charge in [0, 0.05) is 17.2 Å². The first-order chi connectivity index (χ1) is 10.6. The molecule has 1 aliphatic carbocycles. The molecule has 1 aliphatic rings. The number of aliphatic hydroxyl groups excluding tert-OH is 1. The van der Waals surface area contributed by atoms with Crippen LogP contribution in [0.4, 0.5) is 0 Å². The standard InChI is InChI=1S/C18H21NO3/c1-12(2)22-17-6-4-3-5-15(17)16-10-7-13(11-20)18(21)19(16)14-8-9-14/h3-7,10,12,14,20H,8-9,11H2,1-2H3. The Morgan fingerprint density at radius 1 is 1.23 bits per heavy atom. The number of rotatable bonds is 5. The Balaban J connectivity index is 2.17. The summed E-state index contributed by atoms with van der Waals surface area (Å²) in [6.07, 6.45) is 2.09. The lowest BCUT2D eigenvalue weighted by molar-refractivity contribution is 0.243. The van der Waals surface area contributed by atoms with Crippen LogP contribution in [-0.2, 0) is 6.61 Å². The van der Waals surface area contributed by atoms with Gasteiger partial charge in [-0.1, -0.05) is 12.1 Å². The van der Waals surface area contributed by atoms with Crippen molar-refractivity contribution < 1.29 is 9.84 Å². The molecule has 0 atom stereocenters. The number of nitrogens with zero attached hydrogens (tertiary/aromatic N) is 1. The van der Waals surface area contributed by atoms with E-state index in [2.05, 4.69) is 0 Å². The molecule has 3 rings (SSSR count). The number of pyridine rings is 1. The highest BCUT2D eigenvalue weighted by molar-refractivity contribution is 5.68. The van der Waals surface area contributed by atoms with Crippen LogP contribution in [0.15, 0.2) is 41.2 Å². The van der Waals surface area contributed by atoms with Gasteiger partial charge in [-0.3, -0.25) is 4.79 Å². The molecule has 4 nitrogen and oxygen atoms in total. The third-order valence-electron chi connectivity index (χ3n) is 3.80. The van der Waals surface area contributed by atoms with Gasteiger partial charge in [0.25, 0.3) is 5.56 Å². The van der Waals surface area contributed by atoms with Crippen molar-refractivity contribution in [3.05, 3.63) is 52.3 Å². The summed E-state index contributed by atoms with van der Waals surface area (Å²) in [7, 11) is 0. The van der Waals surface area contributed by atoms with Gasteiger partial charge in [-0.15, -0.1) is 0 Å². The van der Waals surface area contributed by atoms with Crippen LogP contribution >= 0.6 is 0 Å². The minimum atomic E-state index is -0.226. The smallest absolute Gasteiger partial charge is 0.256 e. The predicted molar refractivity (Wildman–Crippen MR) is 86.1 cm³/mol. The molecule has 0 bridgehead atoms. The van der Waals surface area contributed by atoms with E-state index in [9.17, 15) is 9.90 Å². The third-order valence-corrected chi connectivity index (χ3v) is 3.80. The van der Waals surface area contributed by atoms with Gasteiger partial charge in [0.15, 0.2) is 0 Å². The fraction of sp³-hybridized carbons (Fsp3) is 0.389. The molecule has 0 unspecified atom stereocenters. The molecular formula is C18H21NO3. The first-order valence-corrected chi connectivity index (χ1v) is 7.73. The molecule has 1 N–H and O–H groups in total. The highest BCUT2D eigenvalue weighted by Gasteiger charge is 2.28. The van der Waals surface area contributed by atoms with Gasteiger partial charge in [0.05, 0.1) is 18.4 Å². The maximum absolute atomic E-state index is 12.6. The largest absolute Gasteiger partial charge is 0.490 e. The molecule has 0 radical (unpaired) electrons. The number of benzene rings is 1. The average Bonchev–Trinajstić information content (AvgIpc) is 3.31.